The van der Waals surface area contributed by atoms with Gasteiger partial charge in [0.25, 0.3) is 0 Å². The van der Waals surface area contributed by atoms with Gasteiger partial charge in [-0.05, 0) is 0 Å². The molecular formula is H4BaFLiO. The maximum absolute atomic E-state index is 0. The van der Waals surface area contributed by atoms with E-state index in [-0.39, 0.29) is 80.8 Å². The third-order valence-electron chi connectivity index (χ3n) is 0. The molecule has 0 fully saturated rings. The monoisotopic (exact) mass is 184 g/mol. The van der Waals surface area contributed by atoms with E-state index in [9.17, 15) is 0 Å². The summed E-state index contributed by atoms with van der Waals surface area (Å²) in [6.45, 7) is 0. The summed E-state index contributed by atoms with van der Waals surface area (Å²) in [5.41, 5.74) is 0. The van der Waals surface area contributed by atoms with E-state index in [1.165, 1.54) is 0 Å². The van der Waals surface area contributed by atoms with Crippen molar-refractivity contribution in [1.82, 2.24) is 0 Å². The maximum atomic E-state index is 0. The second-order valence-electron chi connectivity index (χ2n) is 0. The SMILES string of the molecule is O.[Ba+2].[F-].[H-].[H-].[Li+]. The van der Waals surface area contributed by atoms with Gasteiger partial charge in [-0.3, -0.25) is 0 Å². The van der Waals surface area contributed by atoms with Crippen LogP contribution in [0.1, 0.15) is 2.85 Å². The van der Waals surface area contributed by atoms with E-state index < -0.39 is 0 Å². The summed E-state index contributed by atoms with van der Waals surface area (Å²) >= 11 is 0. The van der Waals surface area contributed by atoms with Crippen LogP contribution in [0.5, 0.6) is 0 Å². The minimum atomic E-state index is 0. The molecule has 1 nitrogen and oxygen atoms in total. The summed E-state index contributed by atoms with van der Waals surface area (Å²) in [5, 5.41) is 0. The minimum Gasteiger partial charge on any atom is -1.00 e. The predicted molar refractivity (Wildman–Crippen MR) is 11.6 cm³/mol. The first-order valence-corrected chi connectivity index (χ1v) is 0. The molecule has 0 saturated carbocycles. The van der Waals surface area contributed by atoms with Crippen LogP contribution < -0.4 is 23.6 Å². The van der Waals surface area contributed by atoms with Gasteiger partial charge in [-0.25, -0.2) is 0 Å². The van der Waals surface area contributed by atoms with E-state index in [4.69, 9.17) is 0 Å². The van der Waals surface area contributed by atoms with Crippen LogP contribution in [0.15, 0.2) is 0 Å². The first kappa shape index (κ1) is 36.6. The van der Waals surface area contributed by atoms with Crippen LogP contribution in [-0.2, 0) is 0 Å². The Kier molecular flexibility index (Phi) is 180. The van der Waals surface area contributed by atoms with Gasteiger partial charge in [-0.2, -0.15) is 0 Å². The van der Waals surface area contributed by atoms with Gasteiger partial charge >= 0.3 is 67.7 Å². The largest absolute Gasteiger partial charge is 2.00 e. The molecule has 0 rings (SSSR count). The molecule has 0 aromatic heterocycles. The fraction of sp³-hybridized carbons (Fsp3) is 0. The Hall–Kier alpha value is 2.06. The molecule has 0 aliphatic rings. The fourth-order valence-corrected chi connectivity index (χ4v) is 0. The zero-order chi connectivity index (χ0) is 0. The fourth-order valence-electron chi connectivity index (χ4n) is 0. The van der Waals surface area contributed by atoms with Gasteiger partial charge in [0.15, 0.2) is 0 Å². The number of hydrogen-bond donors (Lipinski definition) is 0. The third-order valence-corrected chi connectivity index (χ3v) is 0. The zero-order valence-electron chi connectivity index (χ0n) is 4.59. The molecule has 4 heteroatoms. The molecule has 0 aliphatic heterocycles. The van der Waals surface area contributed by atoms with Crippen LogP contribution in [0, 0.1) is 0 Å². The molecule has 4 heavy (non-hydrogen) atoms. The third kappa shape index (κ3) is 8.96. The normalized spacial score (nSPS) is 0. The average molecular weight is 183 g/mol. The molecule has 0 aliphatic carbocycles. The molecule has 0 spiro atoms. The molecule has 0 saturated heterocycles. The van der Waals surface area contributed by atoms with Gasteiger partial charge in [0.05, 0.1) is 0 Å². The van der Waals surface area contributed by atoms with Crippen molar-refractivity contribution in [2.75, 3.05) is 0 Å². The summed E-state index contributed by atoms with van der Waals surface area (Å²) in [4.78, 5) is 0. The topological polar surface area (TPSA) is 31.5 Å². The van der Waals surface area contributed by atoms with Crippen molar-refractivity contribution >= 4 is 48.9 Å². The molecule has 0 amide bonds. The van der Waals surface area contributed by atoms with Crippen LogP contribution in [-0.4, -0.2) is 54.4 Å². The van der Waals surface area contributed by atoms with E-state index in [0.29, 0.717) is 0 Å². The van der Waals surface area contributed by atoms with E-state index in [0.717, 1.165) is 0 Å². The first-order valence-electron chi connectivity index (χ1n) is 0. The Balaban J connectivity index is 0. The second kappa shape index (κ2) is 19.7. The Morgan fingerprint density at radius 3 is 1.25 bits per heavy atom. The summed E-state index contributed by atoms with van der Waals surface area (Å²) in [7, 11) is 0. The zero-order valence-corrected chi connectivity index (χ0v) is 7.03. The van der Waals surface area contributed by atoms with Crippen molar-refractivity contribution in [2.24, 2.45) is 0 Å². The molecule has 0 aromatic rings. The average Bonchev–Trinajstić information content (AvgIpc) is 0. The van der Waals surface area contributed by atoms with Crippen LogP contribution in [0.2, 0.25) is 0 Å². The minimum absolute atomic E-state index is 0. The first-order chi connectivity index (χ1) is 0. The van der Waals surface area contributed by atoms with Crippen molar-refractivity contribution < 1.29 is 31.9 Å². The van der Waals surface area contributed by atoms with Crippen molar-refractivity contribution in [1.29, 1.82) is 0 Å². The smallest absolute Gasteiger partial charge is 1.00 e. The summed E-state index contributed by atoms with van der Waals surface area (Å²) in [6.07, 6.45) is 0. The van der Waals surface area contributed by atoms with Crippen LogP contribution >= 0.6 is 0 Å². The molecule has 0 radical (unpaired) electrons. The van der Waals surface area contributed by atoms with E-state index in [1.807, 2.05) is 0 Å². The number of halogens is 1. The quantitative estimate of drug-likeness (QED) is 0.334. The number of rotatable bonds is 0. The Morgan fingerprint density at radius 2 is 1.25 bits per heavy atom. The molecule has 0 heterocycles. The molecule has 20 valence electrons. The van der Waals surface area contributed by atoms with Gasteiger partial charge < -0.3 is 13.0 Å². The van der Waals surface area contributed by atoms with Crippen LogP contribution in [0.25, 0.3) is 0 Å². The van der Waals surface area contributed by atoms with Crippen molar-refractivity contribution in [3.05, 3.63) is 0 Å². The summed E-state index contributed by atoms with van der Waals surface area (Å²) in [6, 6.07) is 0. The molecule has 0 atom stereocenters. The van der Waals surface area contributed by atoms with Gasteiger partial charge in [0.1, 0.15) is 0 Å². The van der Waals surface area contributed by atoms with Crippen LogP contribution in [0.3, 0.4) is 0 Å². The van der Waals surface area contributed by atoms with E-state index in [1.54, 1.807) is 0 Å². The molecule has 0 bridgehead atoms. The van der Waals surface area contributed by atoms with Gasteiger partial charge in [0.2, 0.25) is 0 Å². The second-order valence-corrected chi connectivity index (χ2v) is 0. The van der Waals surface area contributed by atoms with E-state index >= 15 is 0 Å². The standard InChI is InChI=1S/Ba.FH.Li.H2O.2H/h;1H;;1H2;;/q+2;;+1;;2*-1/p-1. The maximum Gasteiger partial charge on any atom is 2.00 e. The van der Waals surface area contributed by atoms with Crippen molar-refractivity contribution in [3.63, 3.8) is 0 Å². The Labute approximate surface area is 79.4 Å². The summed E-state index contributed by atoms with van der Waals surface area (Å²) < 4.78 is 0. The van der Waals surface area contributed by atoms with Crippen molar-refractivity contribution in [3.8, 4) is 0 Å². The molecular weight excluding hydrogens is 179 g/mol. The van der Waals surface area contributed by atoms with Gasteiger partial charge in [-0.1, -0.05) is 0 Å². The summed E-state index contributed by atoms with van der Waals surface area (Å²) in [5.74, 6) is 0. The Bertz CT molecular complexity index is 13.5. The van der Waals surface area contributed by atoms with Crippen molar-refractivity contribution in [2.45, 2.75) is 0 Å². The molecule has 0 unspecified atom stereocenters. The Morgan fingerprint density at radius 1 is 1.25 bits per heavy atom. The molecule has 0 aromatic carbocycles. The molecule has 2 N–H and O–H groups in total. The van der Waals surface area contributed by atoms with Gasteiger partial charge in [0, 0.05) is 0 Å². The van der Waals surface area contributed by atoms with Crippen LogP contribution in [0.4, 0.5) is 0 Å². The predicted octanol–water partition coefficient (Wildman–Crippen LogP) is -6.97. The number of hydrogen-bond acceptors (Lipinski definition) is 0. The van der Waals surface area contributed by atoms with Gasteiger partial charge in [-0.15, -0.1) is 0 Å². The van der Waals surface area contributed by atoms with E-state index in [2.05, 4.69) is 0 Å².